The van der Waals surface area contributed by atoms with Crippen molar-refractivity contribution in [1.82, 2.24) is 9.78 Å². The highest BCUT2D eigenvalue weighted by molar-refractivity contribution is 5.91. The van der Waals surface area contributed by atoms with Gasteiger partial charge in [0.05, 0.1) is 12.1 Å². The minimum absolute atomic E-state index is 0.0000756. The van der Waals surface area contributed by atoms with E-state index in [0.717, 1.165) is 45.3 Å². The first-order valence-corrected chi connectivity index (χ1v) is 8.16. The summed E-state index contributed by atoms with van der Waals surface area (Å²) < 4.78 is 1.55. The molecule has 0 bridgehead atoms. The van der Waals surface area contributed by atoms with Crippen LogP contribution in [0.15, 0.2) is 54.6 Å². The van der Waals surface area contributed by atoms with Crippen LogP contribution in [0.2, 0.25) is 0 Å². The number of rotatable bonds is 4. The Morgan fingerprint density at radius 2 is 1.79 bits per heavy atom. The van der Waals surface area contributed by atoms with E-state index in [0.29, 0.717) is 6.42 Å². The molecule has 0 fully saturated rings. The molecule has 0 amide bonds. The number of hydrogen-bond donors (Lipinski definition) is 0. The number of hydrogen-bond acceptors (Lipinski definition) is 2. The molecular weight excluding hydrogens is 296 g/mol. The zero-order valence-corrected chi connectivity index (χ0v) is 14.5. The van der Waals surface area contributed by atoms with Crippen LogP contribution >= 0.6 is 0 Å². The molecule has 3 heteroatoms. The first-order valence-electron chi connectivity index (χ1n) is 8.16. The van der Waals surface area contributed by atoms with Gasteiger partial charge < -0.3 is 0 Å². The first-order chi connectivity index (χ1) is 11.5. The van der Waals surface area contributed by atoms with Crippen LogP contribution in [0.5, 0.6) is 0 Å². The second kappa shape index (κ2) is 6.44. The summed E-state index contributed by atoms with van der Waals surface area (Å²) in [6.45, 7) is 9.87. The average molecular weight is 318 g/mol. The highest BCUT2D eigenvalue weighted by Crippen LogP contribution is 2.21. The maximum Gasteiger partial charge on any atom is 0.251 e. The van der Waals surface area contributed by atoms with E-state index in [4.69, 9.17) is 0 Å². The predicted molar refractivity (Wildman–Crippen MR) is 98.5 cm³/mol. The first kappa shape index (κ1) is 16.2. The fraction of sp³-hybridized carbons (Fsp3) is 0.238. The van der Waals surface area contributed by atoms with Gasteiger partial charge in [0.2, 0.25) is 0 Å². The molecule has 0 radical (unpaired) electrons. The van der Waals surface area contributed by atoms with Crippen molar-refractivity contribution in [3.05, 3.63) is 77.1 Å². The lowest BCUT2D eigenvalue weighted by molar-refractivity contribution is 0.0896. The quantitative estimate of drug-likeness (QED) is 0.656. The average Bonchev–Trinajstić information content (AvgIpc) is 2.83. The zero-order valence-electron chi connectivity index (χ0n) is 14.5. The molecule has 3 rings (SSSR count). The van der Waals surface area contributed by atoms with Crippen LogP contribution < -0.4 is 0 Å². The van der Waals surface area contributed by atoms with Gasteiger partial charge in [0.25, 0.3) is 5.91 Å². The van der Waals surface area contributed by atoms with Crippen molar-refractivity contribution >= 4 is 16.7 Å². The molecule has 0 atom stereocenters. The van der Waals surface area contributed by atoms with Gasteiger partial charge in [-0.2, -0.15) is 5.10 Å². The summed E-state index contributed by atoms with van der Waals surface area (Å²) in [7, 11) is 0. The summed E-state index contributed by atoms with van der Waals surface area (Å²) in [6.07, 6.45) is 1.11. The summed E-state index contributed by atoms with van der Waals surface area (Å²) in [4.78, 5) is 12.8. The fourth-order valence-corrected chi connectivity index (χ4v) is 3.16. The number of carbonyl (C=O) groups is 1. The lowest BCUT2D eigenvalue weighted by atomic mass is 10.0. The van der Waals surface area contributed by atoms with Crippen molar-refractivity contribution < 1.29 is 4.79 Å². The normalized spacial score (nSPS) is 11.0. The number of carbonyl (C=O) groups excluding carboxylic acids is 1. The van der Waals surface area contributed by atoms with E-state index in [2.05, 4.69) is 29.9 Å². The lowest BCUT2D eigenvalue weighted by Gasteiger charge is -2.08. The van der Waals surface area contributed by atoms with Crippen LogP contribution in [0.4, 0.5) is 0 Å². The van der Waals surface area contributed by atoms with E-state index in [1.807, 2.05) is 45.0 Å². The molecule has 0 aliphatic heterocycles. The van der Waals surface area contributed by atoms with Gasteiger partial charge in [0.15, 0.2) is 0 Å². The van der Waals surface area contributed by atoms with E-state index in [1.54, 1.807) is 4.68 Å². The third-order valence-corrected chi connectivity index (χ3v) is 4.38. The van der Waals surface area contributed by atoms with E-state index in [-0.39, 0.29) is 5.91 Å². The Bertz CT molecular complexity index is 929. The molecule has 0 spiro atoms. The maximum absolute atomic E-state index is 12.8. The summed E-state index contributed by atoms with van der Waals surface area (Å²) in [5, 5.41) is 6.74. The van der Waals surface area contributed by atoms with Gasteiger partial charge in [0.1, 0.15) is 0 Å². The molecule has 0 unspecified atom stereocenters. The van der Waals surface area contributed by atoms with Crippen molar-refractivity contribution in [3.63, 3.8) is 0 Å². The summed E-state index contributed by atoms with van der Waals surface area (Å²) in [6, 6.07) is 14.2. The molecule has 24 heavy (non-hydrogen) atoms. The number of allylic oxidation sites excluding steroid dienone is 1. The van der Waals surface area contributed by atoms with Gasteiger partial charge in [-0.25, -0.2) is 4.68 Å². The molecule has 2 aromatic carbocycles. The van der Waals surface area contributed by atoms with Gasteiger partial charge in [-0.15, -0.1) is 0 Å². The third kappa shape index (κ3) is 3.02. The van der Waals surface area contributed by atoms with E-state index >= 15 is 0 Å². The molecule has 3 aromatic rings. The maximum atomic E-state index is 12.8. The van der Waals surface area contributed by atoms with Gasteiger partial charge in [0, 0.05) is 11.3 Å². The van der Waals surface area contributed by atoms with Crippen LogP contribution in [0.1, 0.15) is 34.2 Å². The molecule has 122 valence electrons. The van der Waals surface area contributed by atoms with Gasteiger partial charge in [-0.1, -0.05) is 54.6 Å². The Balaban J connectivity index is 1.94. The van der Waals surface area contributed by atoms with Crippen LogP contribution in [-0.2, 0) is 12.8 Å². The number of nitrogens with zero attached hydrogens (tertiary/aromatic N) is 2. The smallest absolute Gasteiger partial charge is 0.251 e. The Hall–Kier alpha value is -2.68. The van der Waals surface area contributed by atoms with Crippen LogP contribution in [0.3, 0.4) is 0 Å². The second-order valence-corrected chi connectivity index (χ2v) is 6.40. The Labute approximate surface area is 142 Å². The highest BCUT2D eigenvalue weighted by atomic mass is 16.2. The number of fused-ring (bicyclic) bond motifs is 1. The zero-order chi connectivity index (χ0) is 17.3. The summed E-state index contributed by atoms with van der Waals surface area (Å²) in [5.41, 5.74) is 5.03. The Morgan fingerprint density at radius 3 is 2.54 bits per heavy atom. The predicted octanol–water partition coefficient (Wildman–Crippen LogP) is 4.65. The highest BCUT2D eigenvalue weighted by Gasteiger charge is 2.17. The lowest BCUT2D eigenvalue weighted by Crippen LogP contribution is -2.17. The SMILES string of the molecule is C=C(C)Cc1c(C)nn(C(=O)Cc2cccc3ccccc23)c1C. The van der Waals surface area contributed by atoms with E-state index in [1.165, 1.54) is 0 Å². The van der Waals surface area contributed by atoms with Crippen molar-refractivity contribution in [2.24, 2.45) is 0 Å². The van der Waals surface area contributed by atoms with Crippen molar-refractivity contribution in [3.8, 4) is 0 Å². The Kier molecular flexibility index (Phi) is 4.34. The minimum Gasteiger partial charge on any atom is -0.272 e. The van der Waals surface area contributed by atoms with Crippen molar-refractivity contribution in [2.75, 3.05) is 0 Å². The van der Waals surface area contributed by atoms with Crippen LogP contribution in [-0.4, -0.2) is 15.7 Å². The van der Waals surface area contributed by atoms with Crippen molar-refractivity contribution in [1.29, 1.82) is 0 Å². The van der Waals surface area contributed by atoms with Gasteiger partial charge >= 0.3 is 0 Å². The minimum atomic E-state index is -0.0000756. The second-order valence-electron chi connectivity index (χ2n) is 6.40. The molecule has 1 heterocycles. The van der Waals surface area contributed by atoms with Crippen LogP contribution in [0, 0.1) is 13.8 Å². The molecule has 3 nitrogen and oxygen atoms in total. The fourth-order valence-electron chi connectivity index (χ4n) is 3.16. The molecule has 0 saturated carbocycles. The Morgan fingerprint density at radius 1 is 1.08 bits per heavy atom. The molecule has 0 aliphatic carbocycles. The molecule has 0 aliphatic rings. The van der Waals surface area contributed by atoms with Crippen LogP contribution in [0.25, 0.3) is 10.8 Å². The summed E-state index contributed by atoms with van der Waals surface area (Å²) >= 11 is 0. The molecule has 0 saturated heterocycles. The van der Waals surface area contributed by atoms with E-state index < -0.39 is 0 Å². The standard InChI is InChI=1S/C21H22N2O/c1-14(2)12-20-15(3)22-23(16(20)4)21(24)13-18-10-7-9-17-8-5-6-11-19(17)18/h5-11H,1,12-13H2,2-4H3. The summed E-state index contributed by atoms with van der Waals surface area (Å²) in [5.74, 6) is -0.0000756. The number of benzene rings is 2. The van der Waals surface area contributed by atoms with Crippen molar-refractivity contribution in [2.45, 2.75) is 33.6 Å². The number of aryl methyl sites for hydroxylation is 1. The van der Waals surface area contributed by atoms with Gasteiger partial charge in [-0.3, -0.25) is 4.79 Å². The third-order valence-electron chi connectivity index (χ3n) is 4.38. The molecule has 1 aromatic heterocycles. The molecule has 0 N–H and O–H groups in total. The topological polar surface area (TPSA) is 34.9 Å². The molecular formula is C21H22N2O. The monoisotopic (exact) mass is 318 g/mol. The number of aromatic nitrogens is 2. The van der Waals surface area contributed by atoms with E-state index in [9.17, 15) is 4.79 Å². The largest absolute Gasteiger partial charge is 0.272 e. The van der Waals surface area contributed by atoms with Gasteiger partial charge in [-0.05, 0) is 43.5 Å².